The molecule has 2 aliphatic carbocycles. The number of hydrogen-bond acceptors (Lipinski definition) is 6. The fraction of sp³-hybridized carbons (Fsp3) is 0.576. The Balaban J connectivity index is 0.00000520. The van der Waals surface area contributed by atoms with Crippen molar-refractivity contribution in [1.82, 2.24) is 20.2 Å². The van der Waals surface area contributed by atoms with Crippen LogP contribution in [0.5, 0.6) is 0 Å². The van der Waals surface area contributed by atoms with E-state index in [1.807, 2.05) is 6.92 Å². The van der Waals surface area contributed by atoms with Crippen LogP contribution in [0.4, 0.5) is 38.0 Å². The van der Waals surface area contributed by atoms with Gasteiger partial charge in [-0.25, -0.2) is 0 Å². The van der Waals surface area contributed by atoms with E-state index in [0.717, 1.165) is 61.9 Å². The third kappa shape index (κ3) is 8.91. The number of halogens is 7. The second-order valence-corrected chi connectivity index (χ2v) is 12.6. The Bertz CT molecular complexity index is 1520. The predicted octanol–water partition coefficient (Wildman–Crippen LogP) is 7.96. The molecular weight excluding hydrogens is 662 g/mol. The van der Waals surface area contributed by atoms with Gasteiger partial charge in [0.2, 0.25) is 0 Å². The average Bonchev–Trinajstić information content (AvgIpc) is 3.52. The largest absolute Gasteiger partial charge is 0.481 e. The summed E-state index contributed by atoms with van der Waals surface area (Å²) in [6, 6.07) is 5.90. The summed E-state index contributed by atoms with van der Waals surface area (Å²) in [5.74, 6) is -0.698. The Kier molecular flexibility index (Phi) is 11.9. The van der Waals surface area contributed by atoms with Gasteiger partial charge in [0.05, 0.1) is 23.6 Å². The summed E-state index contributed by atoms with van der Waals surface area (Å²) in [5.41, 5.74) is 1.29. The van der Waals surface area contributed by atoms with E-state index < -0.39 is 29.4 Å². The molecule has 0 spiro atoms. The van der Waals surface area contributed by atoms with Crippen molar-refractivity contribution in [3.8, 4) is 0 Å². The molecule has 2 aromatic carbocycles. The number of aliphatic carboxylic acids is 1. The number of aromatic nitrogens is 4. The quantitative estimate of drug-likeness (QED) is 0.203. The molecule has 1 aromatic heterocycles. The van der Waals surface area contributed by atoms with Crippen LogP contribution >= 0.6 is 12.4 Å². The maximum Gasteiger partial charge on any atom is 0.416 e. The molecule has 0 bridgehead atoms. The molecule has 3 aromatic rings. The molecule has 48 heavy (non-hydrogen) atoms. The Labute approximate surface area is 281 Å². The first-order chi connectivity index (χ1) is 22.2. The van der Waals surface area contributed by atoms with Gasteiger partial charge in [-0.2, -0.15) is 31.1 Å². The molecule has 5 rings (SSSR count). The Morgan fingerprint density at radius 3 is 2.00 bits per heavy atom. The van der Waals surface area contributed by atoms with E-state index in [1.54, 1.807) is 11.8 Å². The maximum atomic E-state index is 13.7. The average molecular weight is 703 g/mol. The van der Waals surface area contributed by atoms with Crippen molar-refractivity contribution in [2.75, 3.05) is 22.9 Å². The molecular formula is C33H41ClF6N6O2. The van der Waals surface area contributed by atoms with Crippen molar-refractivity contribution < 1.29 is 36.2 Å². The first-order valence-corrected chi connectivity index (χ1v) is 16.2. The standard InChI is InChI=1S/C33H40F6N6O2.ClH/c1-3-43(18-21-9-11-23(12-10-21)30(46)47)29-16-25-8-6-5-7-24(25)15-26(29)20-44(31-40-42-45(4-2)41-31)19-22-13-27(32(34,35)36)17-28(14-22)33(37,38)39;/h13-17,21,23H,3-12,18-20H2,1-2H3,(H,46,47);1H/t21-,23-;. The third-order valence-electron chi connectivity index (χ3n) is 9.33. The second kappa shape index (κ2) is 15.3. The first-order valence-electron chi connectivity index (χ1n) is 16.2. The van der Waals surface area contributed by atoms with E-state index in [-0.39, 0.29) is 49.0 Å². The minimum absolute atomic E-state index is 0. The molecule has 15 heteroatoms. The van der Waals surface area contributed by atoms with Crippen molar-refractivity contribution in [3.05, 3.63) is 63.7 Å². The summed E-state index contributed by atoms with van der Waals surface area (Å²) in [7, 11) is 0. The third-order valence-corrected chi connectivity index (χ3v) is 9.33. The zero-order chi connectivity index (χ0) is 33.9. The van der Waals surface area contributed by atoms with Crippen LogP contribution in [0.2, 0.25) is 0 Å². The molecule has 0 aliphatic heterocycles. The molecule has 0 amide bonds. The van der Waals surface area contributed by atoms with Crippen LogP contribution in [-0.4, -0.2) is 44.4 Å². The molecule has 0 atom stereocenters. The van der Waals surface area contributed by atoms with Crippen LogP contribution in [0.25, 0.3) is 0 Å². The number of carbonyl (C=O) groups is 1. The first kappa shape index (κ1) is 37.3. The number of aryl methyl sites for hydroxylation is 3. The lowest BCUT2D eigenvalue weighted by molar-refractivity contribution is -0.144. The van der Waals surface area contributed by atoms with Gasteiger partial charge in [0.15, 0.2) is 0 Å². The van der Waals surface area contributed by atoms with Gasteiger partial charge in [0.25, 0.3) is 5.95 Å². The lowest BCUT2D eigenvalue weighted by Gasteiger charge is -2.35. The molecule has 1 heterocycles. The number of nitrogens with zero attached hydrogens (tertiary/aromatic N) is 6. The summed E-state index contributed by atoms with van der Waals surface area (Å²) in [5, 5.41) is 22.0. The predicted molar refractivity (Wildman–Crippen MR) is 171 cm³/mol. The van der Waals surface area contributed by atoms with Crippen molar-refractivity contribution in [3.63, 3.8) is 0 Å². The summed E-state index contributed by atoms with van der Waals surface area (Å²) in [6.07, 6.45) is -3.23. The summed E-state index contributed by atoms with van der Waals surface area (Å²) in [4.78, 5) is 16.7. The maximum absolute atomic E-state index is 13.7. The molecule has 264 valence electrons. The van der Waals surface area contributed by atoms with Gasteiger partial charge in [-0.1, -0.05) is 11.2 Å². The number of carboxylic acid groups (broad SMARTS) is 1. The highest BCUT2D eigenvalue weighted by Crippen LogP contribution is 2.38. The van der Waals surface area contributed by atoms with Crippen LogP contribution in [-0.2, 0) is 49.6 Å². The fourth-order valence-electron chi connectivity index (χ4n) is 6.78. The van der Waals surface area contributed by atoms with Crippen LogP contribution in [0.3, 0.4) is 0 Å². The van der Waals surface area contributed by atoms with E-state index >= 15 is 0 Å². The minimum atomic E-state index is -4.97. The SMILES string of the molecule is CCN(C[C@H]1CC[C@H](C(=O)O)CC1)c1cc2c(cc1CN(Cc1cc(C(F)(F)F)cc(C(F)(F)F)c1)c1nnn(CC)n1)CCCC2.Cl. The Hall–Kier alpha value is -3.55. The number of fused-ring (bicyclic) bond motifs is 1. The molecule has 0 saturated heterocycles. The number of carboxylic acids is 1. The molecule has 0 unspecified atom stereocenters. The van der Waals surface area contributed by atoms with E-state index in [0.29, 0.717) is 38.4 Å². The zero-order valence-electron chi connectivity index (χ0n) is 26.9. The number of rotatable bonds is 11. The van der Waals surface area contributed by atoms with Crippen molar-refractivity contribution in [2.45, 2.75) is 97.2 Å². The fourth-order valence-corrected chi connectivity index (χ4v) is 6.78. The molecule has 1 N–H and O–H groups in total. The number of alkyl halides is 6. The summed E-state index contributed by atoms with van der Waals surface area (Å²) < 4.78 is 82.4. The van der Waals surface area contributed by atoms with E-state index in [9.17, 15) is 36.2 Å². The lowest BCUT2D eigenvalue weighted by atomic mass is 9.81. The smallest absolute Gasteiger partial charge is 0.416 e. The van der Waals surface area contributed by atoms with E-state index in [4.69, 9.17) is 0 Å². The van der Waals surface area contributed by atoms with Crippen molar-refractivity contribution in [2.24, 2.45) is 11.8 Å². The highest BCUT2D eigenvalue weighted by Gasteiger charge is 2.37. The molecule has 8 nitrogen and oxygen atoms in total. The number of anilines is 2. The van der Waals surface area contributed by atoms with Gasteiger partial charge >= 0.3 is 18.3 Å². The van der Waals surface area contributed by atoms with Crippen molar-refractivity contribution >= 4 is 30.0 Å². The highest BCUT2D eigenvalue weighted by atomic mass is 35.5. The monoisotopic (exact) mass is 702 g/mol. The van der Waals surface area contributed by atoms with Gasteiger partial charge in [-0.05, 0) is 123 Å². The van der Waals surface area contributed by atoms with E-state index in [1.165, 1.54) is 15.9 Å². The van der Waals surface area contributed by atoms with Gasteiger partial charge in [-0.15, -0.1) is 17.5 Å². The van der Waals surface area contributed by atoms with Crippen molar-refractivity contribution in [1.29, 1.82) is 0 Å². The van der Waals surface area contributed by atoms with Gasteiger partial charge in [-0.3, -0.25) is 4.79 Å². The zero-order valence-corrected chi connectivity index (χ0v) is 27.8. The molecule has 2 aliphatic rings. The highest BCUT2D eigenvalue weighted by molar-refractivity contribution is 5.85. The normalized spacial score (nSPS) is 18.2. The van der Waals surface area contributed by atoms with Crippen LogP contribution in [0, 0.1) is 11.8 Å². The molecule has 1 fully saturated rings. The lowest BCUT2D eigenvalue weighted by Crippen LogP contribution is -2.34. The summed E-state index contributed by atoms with van der Waals surface area (Å²) >= 11 is 0. The van der Waals surface area contributed by atoms with Gasteiger partial charge in [0.1, 0.15) is 0 Å². The number of hydrogen-bond donors (Lipinski definition) is 1. The second-order valence-electron chi connectivity index (χ2n) is 12.6. The minimum Gasteiger partial charge on any atom is -0.481 e. The summed E-state index contributed by atoms with van der Waals surface area (Å²) in [6.45, 7) is 5.39. The Morgan fingerprint density at radius 2 is 1.48 bits per heavy atom. The van der Waals surface area contributed by atoms with E-state index in [2.05, 4.69) is 32.4 Å². The van der Waals surface area contributed by atoms with Gasteiger partial charge < -0.3 is 14.9 Å². The van der Waals surface area contributed by atoms with Gasteiger partial charge in [0, 0.05) is 31.9 Å². The topological polar surface area (TPSA) is 87.4 Å². The van der Waals surface area contributed by atoms with Crippen LogP contribution < -0.4 is 9.80 Å². The van der Waals surface area contributed by atoms with Crippen LogP contribution in [0.15, 0.2) is 30.3 Å². The molecule has 1 saturated carbocycles. The molecule has 0 radical (unpaired) electrons. The Morgan fingerprint density at radius 1 is 0.875 bits per heavy atom. The van der Waals surface area contributed by atoms with Crippen LogP contribution in [0.1, 0.15) is 85.8 Å². The number of benzene rings is 2. The number of tetrazole rings is 1.